The predicted molar refractivity (Wildman–Crippen MR) is 78.5 cm³/mol. The summed E-state index contributed by atoms with van der Waals surface area (Å²) in [6, 6.07) is 3.54. The van der Waals surface area contributed by atoms with Gasteiger partial charge in [-0.25, -0.2) is 8.78 Å². The Morgan fingerprint density at radius 1 is 1.10 bits per heavy atom. The SMILES string of the molecule is O=c1[nH]c2cc(F)cc(F)c2cc1CCN1CCCCC1. The Balaban J connectivity index is 1.85. The first-order valence-corrected chi connectivity index (χ1v) is 7.37. The Labute approximate surface area is 121 Å². The van der Waals surface area contributed by atoms with Gasteiger partial charge in [0.1, 0.15) is 11.6 Å². The third-order valence-corrected chi connectivity index (χ3v) is 4.10. The van der Waals surface area contributed by atoms with Crippen molar-refractivity contribution in [2.45, 2.75) is 25.7 Å². The first-order valence-electron chi connectivity index (χ1n) is 7.37. The zero-order valence-corrected chi connectivity index (χ0v) is 11.8. The molecule has 21 heavy (non-hydrogen) atoms. The molecular weight excluding hydrogens is 274 g/mol. The van der Waals surface area contributed by atoms with Crippen LogP contribution in [0.5, 0.6) is 0 Å². The van der Waals surface area contributed by atoms with E-state index in [1.54, 1.807) is 6.07 Å². The molecule has 0 atom stereocenters. The zero-order valence-electron chi connectivity index (χ0n) is 11.8. The molecule has 1 aliphatic heterocycles. The number of halogens is 2. The number of hydrogen-bond donors (Lipinski definition) is 1. The van der Waals surface area contributed by atoms with Crippen LogP contribution in [0, 0.1) is 11.6 Å². The van der Waals surface area contributed by atoms with Gasteiger partial charge in [-0.05, 0) is 44.5 Å². The number of H-pyrrole nitrogens is 1. The molecule has 1 N–H and O–H groups in total. The Bertz CT molecular complexity index is 705. The number of likely N-dealkylation sites (tertiary alicyclic amines) is 1. The van der Waals surface area contributed by atoms with Crippen LogP contribution in [0.2, 0.25) is 0 Å². The summed E-state index contributed by atoms with van der Waals surface area (Å²) >= 11 is 0. The first kappa shape index (κ1) is 14.2. The van der Waals surface area contributed by atoms with Gasteiger partial charge in [-0.15, -0.1) is 0 Å². The average Bonchev–Trinajstić information content (AvgIpc) is 2.46. The maximum atomic E-state index is 13.8. The van der Waals surface area contributed by atoms with Crippen molar-refractivity contribution in [3.05, 3.63) is 45.8 Å². The smallest absolute Gasteiger partial charge is 0.251 e. The van der Waals surface area contributed by atoms with E-state index in [4.69, 9.17) is 0 Å². The van der Waals surface area contributed by atoms with Gasteiger partial charge in [0.15, 0.2) is 0 Å². The van der Waals surface area contributed by atoms with Crippen molar-refractivity contribution in [1.29, 1.82) is 0 Å². The number of hydrogen-bond acceptors (Lipinski definition) is 2. The molecular formula is C16H18F2N2O. The molecule has 0 bridgehead atoms. The Kier molecular flexibility index (Phi) is 4.01. The molecule has 1 aromatic carbocycles. The molecule has 3 rings (SSSR count). The lowest BCUT2D eigenvalue weighted by Crippen LogP contribution is -2.32. The van der Waals surface area contributed by atoms with Crippen LogP contribution in [0.25, 0.3) is 10.9 Å². The molecule has 1 aromatic heterocycles. The molecule has 1 aliphatic rings. The zero-order chi connectivity index (χ0) is 14.8. The van der Waals surface area contributed by atoms with Crippen molar-refractivity contribution in [3.63, 3.8) is 0 Å². The summed E-state index contributed by atoms with van der Waals surface area (Å²) in [7, 11) is 0. The highest BCUT2D eigenvalue weighted by Crippen LogP contribution is 2.18. The van der Waals surface area contributed by atoms with Crippen molar-refractivity contribution in [1.82, 2.24) is 9.88 Å². The van der Waals surface area contributed by atoms with Gasteiger partial charge in [-0.3, -0.25) is 4.79 Å². The van der Waals surface area contributed by atoms with Crippen molar-refractivity contribution >= 4 is 10.9 Å². The first-order chi connectivity index (χ1) is 10.1. The second-order valence-electron chi connectivity index (χ2n) is 5.62. The van der Waals surface area contributed by atoms with Crippen LogP contribution in [0.4, 0.5) is 8.78 Å². The van der Waals surface area contributed by atoms with Crippen molar-refractivity contribution in [2.24, 2.45) is 0 Å². The lowest BCUT2D eigenvalue weighted by atomic mass is 10.1. The van der Waals surface area contributed by atoms with E-state index < -0.39 is 11.6 Å². The van der Waals surface area contributed by atoms with Crippen LogP contribution >= 0.6 is 0 Å². The van der Waals surface area contributed by atoms with Gasteiger partial charge in [-0.1, -0.05) is 6.42 Å². The molecule has 1 saturated heterocycles. The molecule has 0 amide bonds. The topological polar surface area (TPSA) is 36.1 Å². The minimum atomic E-state index is -0.684. The van der Waals surface area contributed by atoms with E-state index in [0.717, 1.165) is 31.8 Å². The van der Waals surface area contributed by atoms with Crippen LogP contribution in [0.3, 0.4) is 0 Å². The average molecular weight is 292 g/mol. The molecule has 5 heteroatoms. The second-order valence-corrected chi connectivity index (χ2v) is 5.62. The lowest BCUT2D eigenvalue weighted by Gasteiger charge is -2.26. The van der Waals surface area contributed by atoms with Gasteiger partial charge in [0.2, 0.25) is 0 Å². The molecule has 0 radical (unpaired) electrons. The maximum Gasteiger partial charge on any atom is 0.251 e. The fourth-order valence-corrected chi connectivity index (χ4v) is 2.92. The van der Waals surface area contributed by atoms with Crippen molar-refractivity contribution in [3.8, 4) is 0 Å². The van der Waals surface area contributed by atoms with E-state index in [2.05, 4.69) is 9.88 Å². The Morgan fingerprint density at radius 3 is 2.62 bits per heavy atom. The largest absolute Gasteiger partial charge is 0.321 e. The fraction of sp³-hybridized carbons (Fsp3) is 0.438. The fourth-order valence-electron chi connectivity index (χ4n) is 2.92. The number of piperidine rings is 1. The summed E-state index contributed by atoms with van der Waals surface area (Å²) in [5.41, 5.74) is 0.502. The number of fused-ring (bicyclic) bond motifs is 1. The summed E-state index contributed by atoms with van der Waals surface area (Å²) < 4.78 is 26.9. The Morgan fingerprint density at radius 2 is 1.86 bits per heavy atom. The quantitative estimate of drug-likeness (QED) is 0.944. The summed E-state index contributed by atoms with van der Waals surface area (Å²) in [5.74, 6) is -1.32. The van der Waals surface area contributed by atoms with Crippen LogP contribution < -0.4 is 5.56 Å². The third-order valence-electron chi connectivity index (χ3n) is 4.10. The summed E-state index contributed by atoms with van der Waals surface area (Å²) in [6.45, 7) is 2.92. The minimum absolute atomic E-state index is 0.208. The summed E-state index contributed by atoms with van der Waals surface area (Å²) in [6.07, 6.45) is 4.25. The van der Waals surface area contributed by atoms with Gasteiger partial charge in [0, 0.05) is 23.6 Å². The van der Waals surface area contributed by atoms with E-state index in [1.807, 2.05) is 0 Å². The van der Waals surface area contributed by atoms with Gasteiger partial charge in [0.05, 0.1) is 5.52 Å². The minimum Gasteiger partial charge on any atom is -0.321 e. The van der Waals surface area contributed by atoms with E-state index >= 15 is 0 Å². The van der Waals surface area contributed by atoms with Crippen molar-refractivity contribution in [2.75, 3.05) is 19.6 Å². The number of aromatic amines is 1. The normalized spacial score (nSPS) is 16.5. The predicted octanol–water partition coefficient (Wildman–Crippen LogP) is 2.83. The molecule has 0 unspecified atom stereocenters. The van der Waals surface area contributed by atoms with Crippen LogP contribution in [0.15, 0.2) is 23.0 Å². The van der Waals surface area contributed by atoms with E-state index in [0.29, 0.717) is 12.0 Å². The van der Waals surface area contributed by atoms with E-state index in [-0.39, 0.29) is 16.5 Å². The van der Waals surface area contributed by atoms with Gasteiger partial charge in [0.25, 0.3) is 5.56 Å². The monoisotopic (exact) mass is 292 g/mol. The molecule has 3 nitrogen and oxygen atoms in total. The van der Waals surface area contributed by atoms with E-state index in [9.17, 15) is 13.6 Å². The molecule has 112 valence electrons. The second kappa shape index (κ2) is 5.93. The highest BCUT2D eigenvalue weighted by Gasteiger charge is 2.12. The summed E-state index contributed by atoms with van der Waals surface area (Å²) in [4.78, 5) is 16.9. The highest BCUT2D eigenvalue weighted by atomic mass is 19.1. The number of benzene rings is 1. The van der Waals surface area contributed by atoms with Crippen LogP contribution in [0.1, 0.15) is 24.8 Å². The number of nitrogens with one attached hydrogen (secondary N) is 1. The molecule has 2 heterocycles. The molecule has 2 aromatic rings. The van der Waals surface area contributed by atoms with Crippen LogP contribution in [-0.4, -0.2) is 29.5 Å². The number of nitrogens with zero attached hydrogens (tertiary/aromatic N) is 1. The number of pyridine rings is 1. The molecule has 0 saturated carbocycles. The van der Waals surface area contributed by atoms with Crippen LogP contribution in [-0.2, 0) is 6.42 Å². The number of rotatable bonds is 3. The highest BCUT2D eigenvalue weighted by molar-refractivity contribution is 5.79. The summed E-state index contributed by atoms with van der Waals surface area (Å²) in [5, 5.41) is 0.268. The molecule has 0 spiro atoms. The third kappa shape index (κ3) is 3.13. The Hall–Kier alpha value is -1.75. The number of aromatic nitrogens is 1. The lowest BCUT2D eigenvalue weighted by molar-refractivity contribution is 0.231. The van der Waals surface area contributed by atoms with Crippen molar-refractivity contribution < 1.29 is 8.78 Å². The van der Waals surface area contributed by atoms with E-state index in [1.165, 1.54) is 19.3 Å². The van der Waals surface area contributed by atoms with Gasteiger partial charge in [-0.2, -0.15) is 0 Å². The standard InChI is InChI=1S/C16H18F2N2O/c17-12-9-14(18)13-8-11(16(21)19-15(13)10-12)4-7-20-5-2-1-3-6-20/h8-10H,1-7H2,(H,19,21). The molecule has 0 aliphatic carbocycles. The van der Waals surface area contributed by atoms with Gasteiger partial charge >= 0.3 is 0 Å². The maximum absolute atomic E-state index is 13.8. The molecule has 1 fully saturated rings. The van der Waals surface area contributed by atoms with Gasteiger partial charge < -0.3 is 9.88 Å².